The lowest BCUT2D eigenvalue weighted by Crippen LogP contribution is -2.38. The lowest BCUT2D eigenvalue weighted by molar-refractivity contribution is -0.115. The van der Waals surface area contributed by atoms with Gasteiger partial charge >= 0.3 is 5.97 Å². The number of phenols is 1. The summed E-state index contributed by atoms with van der Waals surface area (Å²) >= 11 is 0. The first-order chi connectivity index (χ1) is 13.1. The van der Waals surface area contributed by atoms with Gasteiger partial charge in [-0.15, -0.1) is 0 Å². The van der Waals surface area contributed by atoms with Crippen molar-refractivity contribution in [2.24, 2.45) is 0 Å². The van der Waals surface area contributed by atoms with Gasteiger partial charge in [0.25, 0.3) is 0 Å². The average molecular weight is 386 g/mol. The number of esters is 1. The van der Waals surface area contributed by atoms with Crippen LogP contribution < -0.4 is 10.6 Å². The summed E-state index contributed by atoms with van der Waals surface area (Å²) < 4.78 is 4.65. The van der Waals surface area contributed by atoms with Crippen LogP contribution in [-0.2, 0) is 16.0 Å². The molecule has 0 aliphatic carbocycles. The Balaban J connectivity index is 2.10. The van der Waals surface area contributed by atoms with Gasteiger partial charge in [0, 0.05) is 16.8 Å². The number of nitrogens with one attached hydrogen (secondary N) is 2. The third-order valence-electron chi connectivity index (χ3n) is 3.91. The quantitative estimate of drug-likeness (QED) is 0.449. The molecule has 0 heterocycles. The molecular weight excluding hydrogens is 360 g/mol. The number of amides is 1. The molecule has 0 bridgehead atoms. The van der Waals surface area contributed by atoms with Gasteiger partial charge in [0.2, 0.25) is 5.91 Å². The van der Waals surface area contributed by atoms with Crippen LogP contribution in [0, 0.1) is 0 Å². The van der Waals surface area contributed by atoms with Gasteiger partial charge in [-0.3, -0.25) is 10.1 Å². The minimum atomic E-state index is -0.877. The molecule has 28 heavy (non-hydrogen) atoms. The lowest BCUT2D eigenvalue weighted by Gasteiger charge is -2.25. The Bertz CT molecular complexity index is 858. The number of hydrogen-bond donors (Lipinski definition) is 4. The summed E-state index contributed by atoms with van der Waals surface area (Å²) in [5.41, 5.74) is 1.41. The van der Waals surface area contributed by atoms with E-state index in [0.717, 1.165) is 0 Å². The van der Waals surface area contributed by atoms with E-state index >= 15 is 0 Å². The number of hydrogen-bond acceptors (Lipinski definition) is 6. The number of aliphatic hydroxyl groups excluding tert-OH is 1. The summed E-state index contributed by atoms with van der Waals surface area (Å²) in [7, 11) is 1.26. The molecule has 0 saturated carbocycles. The normalized spacial score (nSPS) is 12.3. The van der Waals surface area contributed by atoms with Gasteiger partial charge in [-0.1, -0.05) is 12.1 Å². The number of methoxy groups -OCH3 is 1. The van der Waals surface area contributed by atoms with Crippen molar-refractivity contribution in [1.82, 2.24) is 5.32 Å². The van der Waals surface area contributed by atoms with Crippen molar-refractivity contribution in [3.63, 3.8) is 0 Å². The number of benzene rings is 2. The van der Waals surface area contributed by atoms with Crippen LogP contribution >= 0.6 is 0 Å². The number of aromatic hydroxyl groups is 1. The lowest BCUT2D eigenvalue weighted by atomic mass is 10.1. The molecule has 0 aromatic heterocycles. The van der Waals surface area contributed by atoms with E-state index in [1.165, 1.54) is 25.3 Å². The second kappa shape index (κ2) is 8.86. The predicted molar refractivity (Wildman–Crippen MR) is 106 cm³/mol. The Kier molecular flexibility index (Phi) is 6.77. The molecule has 0 aliphatic heterocycles. The third-order valence-corrected chi connectivity index (χ3v) is 3.91. The van der Waals surface area contributed by atoms with Crippen LogP contribution in [0.4, 0.5) is 5.69 Å². The molecule has 1 atom stereocenters. The first-order valence-corrected chi connectivity index (χ1v) is 8.85. The molecule has 0 aliphatic rings. The highest BCUT2D eigenvalue weighted by atomic mass is 16.5. The molecule has 7 nitrogen and oxygen atoms in total. The molecule has 2 aromatic rings. The van der Waals surface area contributed by atoms with Gasteiger partial charge in [-0.25, -0.2) is 4.79 Å². The van der Waals surface area contributed by atoms with E-state index in [2.05, 4.69) is 15.4 Å². The Morgan fingerprint density at radius 3 is 2.50 bits per heavy atom. The van der Waals surface area contributed by atoms with Crippen molar-refractivity contribution in [2.75, 3.05) is 12.4 Å². The van der Waals surface area contributed by atoms with Gasteiger partial charge in [0.15, 0.2) is 0 Å². The minimum Gasteiger partial charge on any atom is -0.508 e. The van der Waals surface area contributed by atoms with E-state index in [-0.39, 0.29) is 29.2 Å². The van der Waals surface area contributed by atoms with Crippen LogP contribution in [0.3, 0.4) is 0 Å². The molecule has 0 spiro atoms. The summed E-state index contributed by atoms with van der Waals surface area (Å²) in [5, 5.41) is 26.0. The number of aliphatic hydroxyl groups is 1. The number of anilines is 1. The highest BCUT2D eigenvalue weighted by Crippen LogP contribution is 2.22. The van der Waals surface area contributed by atoms with Crippen molar-refractivity contribution >= 4 is 17.6 Å². The summed E-state index contributed by atoms with van der Waals surface area (Å²) in [6, 6.07) is 11.1. The van der Waals surface area contributed by atoms with Gasteiger partial charge in [-0.05, 0) is 56.7 Å². The molecular formula is C21H26N2O5. The fourth-order valence-electron chi connectivity index (χ4n) is 2.63. The van der Waals surface area contributed by atoms with Crippen molar-refractivity contribution in [1.29, 1.82) is 0 Å². The van der Waals surface area contributed by atoms with Gasteiger partial charge in [0.1, 0.15) is 12.0 Å². The molecule has 4 N–H and O–H groups in total. The maximum atomic E-state index is 12.4. The first kappa shape index (κ1) is 21.4. The van der Waals surface area contributed by atoms with Crippen molar-refractivity contribution in [3.05, 3.63) is 59.2 Å². The first-order valence-electron chi connectivity index (χ1n) is 8.85. The van der Waals surface area contributed by atoms with E-state index in [4.69, 9.17) is 0 Å². The maximum Gasteiger partial charge on any atom is 0.337 e. The topological polar surface area (TPSA) is 108 Å². The smallest absolute Gasteiger partial charge is 0.337 e. The van der Waals surface area contributed by atoms with E-state index in [0.29, 0.717) is 16.8 Å². The highest BCUT2D eigenvalue weighted by molar-refractivity contribution is 5.94. The largest absolute Gasteiger partial charge is 0.508 e. The van der Waals surface area contributed by atoms with E-state index in [1.807, 2.05) is 20.8 Å². The van der Waals surface area contributed by atoms with Crippen LogP contribution in [0.1, 0.15) is 48.5 Å². The standard InChI is InChI=1S/C21H26N2O5/c1-21(2,3)23-19(26)13-6-5-7-16(11-13)22-18(25)12-15-10-14(20(27)28-4)8-9-17(15)24/h5-11,19,23-24,26H,12H2,1-4H3,(H,22,25). The Morgan fingerprint density at radius 1 is 1.14 bits per heavy atom. The van der Waals surface area contributed by atoms with Gasteiger partial charge in [-0.2, -0.15) is 0 Å². The maximum absolute atomic E-state index is 12.4. The summed E-state index contributed by atoms with van der Waals surface area (Å²) in [4.78, 5) is 24.0. The Morgan fingerprint density at radius 2 is 1.86 bits per heavy atom. The van der Waals surface area contributed by atoms with Crippen LogP contribution in [0.5, 0.6) is 5.75 Å². The fourth-order valence-corrected chi connectivity index (χ4v) is 2.63. The van der Waals surface area contributed by atoms with Crippen molar-refractivity contribution in [2.45, 2.75) is 39.0 Å². The third kappa shape index (κ3) is 6.07. The molecule has 2 aromatic carbocycles. The van der Waals surface area contributed by atoms with Crippen LogP contribution in [0.25, 0.3) is 0 Å². The number of carbonyl (C=O) groups excluding carboxylic acids is 2. The summed E-state index contributed by atoms with van der Waals surface area (Å²) in [5.74, 6) is -0.996. The summed E-state index contributed by atoms with van der Waals surface area (Å²) in [6.07, 6.45) is -0.999. The number of ether oxygens (including phenoxy) is 1. The molecule has 0 fully saturated rings. The Hall–Kier alpha value is -2.90. The van der Waals surface area contributed by atoms with Gasteiger partial charge in [0.05, 0.1) is 19.1 Å². The fraction of sp³-hybridized carbons (Fsp3) is 0.333. The predicted octanol–water partition coefficient (Wildman–Crippen LogP) is 2.74. The number of rotatable bonds is 6. The second-order valence-corrected chi connectivity index (χ2v) is 7.48. The van der Waals surface area contributed by atoms with E-state index in [1.54, 1.807) is 24.3 Å². The van der Waals surface area contributed by atoms with E-state index in [9.17, 15) is 19.8 Å². The zero-order valence-corrected chi connectivity index (χ0v) is 16.4. The number of phenolic OH excluding ortho intramolecular Hbond substituents is 1. The summed E-state index contributed by atoms with van der Waals surface area (Å²) in [6.45, 7) is 5.82. The zero-order valence-electron chi connectivity index (χ0n) is 16.4. The molecule has 7 heteroatoms. The van der Waals surface area contributed by atoms with Crippen molar-refractivity contribution < 1.29 is 24.5 Å². The Labute approximate surface area is 164 Å². The molecule has 1 unspecified atom stereocenters. The van der Waals surface area contributed by atoms with Crippen LogP contribution in [-0.4, -0.2) is 34.7 Å². The minimum absolute atomic E-state index is 0.0821. The number of carbonyl (C=O) groups is 2. The van der Waals surface area contributed by atoms with Crippen LogP contribution in [0.15, 0.2) is 42.5 Å². The molecule has 2 rings (SSSR count). The second-order valence-electron chi connectivity index (χ2n) is 7.48. The zero-order chi connectivity index (χ0) is 20.9. The van der Waals surface area contributed by atoms with Gasteiger partial charge < -0.3 is 20.3 Å². The SMILES string of the molecule is COC(=O)c1ccc(O)c(CC(=O)Nc2cccc(C(O)NC(C)(C)C)c2)c1. The van der Waals surface area contributed by atoms with Crippen LogP contribution in [0.2, 0.25) is 0 Å². The molecule has 0 radical (unpaired) electrons. The average Bonchev–Trinajstić information content (AvgIpc) is 2.61. The van der Waals surface area contributed by atoms with Crippen molar-refractivity contribution in [3.8, 4) is 5.75 Å². The highest BCUT2D eigenvalue weighted by Gasteiger charge is 2.17. The van der Waals surface area contributed by atoms with E-state index < -0.39 is 12.2 Å². The molecule has 0 saturated heterocycles. The molecule has 1 amide bonds. The monoisotopic (exact) mass is 386 g/mol. The molecule has 150 valence electrons.